The molecule has 1 aromatic carbocycles. The van der Waals surface area contributed by atoms with E-state index < -0.39 is 38.9 Å². The van der Waals surface area contributed by atoms with Gasteiger partial charge in [0, 0.05) is 18.7 Å². The third-order valence-electron chi connectivity index (χ3n) is 5.27. The van der Waals surface area contributed by atoms with E-state index >= 15 is 0 Å². The van der Waals surface area contributed by atoms with Crippen LogP contribution in [0.2, 0.25) is 0 Å². The molecule has 0 bridgehead atoms. The predicted octanol–water partition coefficient (Wildman–Crippen LogP) is 3.98. The highest BCUT2D eigenvalue weighted by molar-refractivity contribution is 7.92. The van der Waals surface area contributed by atoms with Crippen LogP contribution in [0.1, 0.15) is 18.1 Å². The van der Waals surface area contributed by atoms with Gasteiger partial charge >= 0.3 is 6.18 Å². The summed E-state index contributed by atoms with van der Waals surface area (Å²) in [5.41, 5.74) is -2.41. The summed E-state index contributed by atoms with van der Waals surface area (Å²) in [5.74, 6) is -0.816. The normalized spacial score (nSPS) is 15.7. The topological polar surface area (TPSA) is 95.4 Å². The van der Waals surface area contributed by atoms with Crippen LogP contribution >= 0.6 is 0 Å². The Hall–Kier alpha value is -3.25. The lowest BCUT2D eigenvalue weighted by atomic mass is 9.97. The van der Waals surface area contributed by atoms with Crippen LogP contribution in [0.15, 0.2) is 53.6 Å². The van der Waals surface area contributed by atoms with Crippen molar-refractivity contribution in [1.82, 2.24) is 9.97 Å². The second-order valence-corrected chi connectivity index (χ2v) is 9.97. The van der Waals surface area contributed by atoms with E-state index in [0.717, 1.165) is 18.2 Å². The van der Waals surface area contributed by atoms with E-state index in [1.165, 1.54) is 25.1 Å². The molecule has 0 radical (unpaired) electrons. The second-order valence-electron chi connectivity index (χ2n) is 8.34. The zero-order chi connectivity index (χ0) is 24.9. The summed E-state index contributed by atoms with van der Waals surface area (Å²) in [6, 6.07) is 9.18. The molecular formula is C22H20F4N4O3S. The first-order chi connectivity index (χ1) is 15.7. The number of β-amino-alcohol motifs (C(OH)–C–C–N with tert-alkyl or cyclic N) is 1. The molecule has 0 amide bonds. The molecule has 180 valence electrons. The number of nitrogens with zero attached hydrogens (tertiary/aromatic N) is 3. The van der Waals surface area contributed by atoms with E-state index in [4.69, 9.17) is 0 Å². The summed E-state index contributed by atoms with van der Waals surface area (Å²) < 4.78 is 82.6. The number of sulfonamides is 1. The highest BCUT2D eigenvalue weighted by Gasteiger charge is 2.38. The lowest BCUT2D eigenvalue weighted by Crippen LogP contribution is -2.60. The summed E-state index contributed by atoms with van der Waals surface area (Å²) in [5, 5.41) is 9.52. The Morgan fingerprint density at radius 2 is 1.79 bits per heavy atom. The molecule has 0 saturated carbocycles. The van der Waals surface area contributed by atoms with E-state index in [-0.39, 0.29) is 29.5 Å². The zero-order valence-corrected chi connectivity index (χ0v) is 18.9. The molecule has 1 saturated heterocycles. The predicted molar refractivity (Wildman–Crippen MR) is 117 cm³/mol. The van der Waals surface area contributed by atoms with Crippen molar-refractivity contribution in [2.75, 3.05) is 22.7 Å². The summed E-state index contributed by atoms with van der Waals surface area (Å²) in [7, 11) is -4.32. The van der Waals surface area contributed by atoms with Crippen molar-refractivity contribution in [2.24, 2.45) is 0 Å². The number of anilines is 2. The molecular weight excluding hydrogens is 476 g/mol. The van der Waals surface area contributed by atoms with E-state index in [1.807, 2.05) is 0 Å². The molecule has 3 heterocycles. The van der Waals surface area contributed by atoms with Crippen molar-refractivity contribution >= 4 is 21.7 Å². The molecule has 12 heteroatoms. The Morgan fingerprint density at radius 3 is 2.44 bits per heavy atom. The monoisotopic (exact) mass is 496 g/mol. The fraction of sp³-hybridized carbons (Fsp3) is 0.273. The van der Waals surface area contributed by atoms with Gasteiger partial charge in [-0.1, -0.05) is 12.1 Å². The van der Waals surface area contributed by atoms with Crippen LogP contribution in [0.25, 0.3) is 11.3 Å². The van der Waals surface area contributed by atoms with Gasteiger partial charge in [0.25, 0.3) is 10.0 Å². The van der Waals surface area contributed by atoms with Crippen LogP contribution in [0.5, 0.6) is 0 Å². The van der Waals surface area contributed by atoms with Gasteiger partial charge in [-0.25, -0.2) is 14.4 Å². The van der Waals surface area contributed by atoms with Gasteiger partial charge in [-0.15, -0.1) is 0 Å². The lowest BCUT2D eigenvalue weighted by molar-refractivity contribution is -0.137. The van der Waals surface area contributed by atoms with Gasteiger partial charge in [0.1, 0.15) is 17.5 Å². The van der Waals surface area contributed by atoms with Crippen LogP contribution < -0.4 is 9.62 Å². The summed E-state index contributed by atoms with van der Waals surface area (Å²) in [6.07, 6.45) is -4.80. The number of rotatable bonds is 5. The Kier molecular flexibility index (Phi) is 5.76. The Balaban J connectivity index is 1.70. The third-order valence-corrected chi connectivity index (χ3v) is 6.52. The number of aryl methyl sites for hydroxylation is 1. The average Bonchev–Trinajstić information content (AvgIpc) is 2.72. The molecule has 4 rings (SSSR count). The average molecular weight is 496 g/mol. The van der Waals surface area contributed by atoms with Gasteiger partial charge in [-0.3, -0.25) is 4.72 Å². The Bertz CT molecular complexity index is 1350. The van der Waals surface area contributed by atoms with Gasteiger partial charge in [-0.05, 0) is 55.8 Å². The minimum absolute atomic E-state index is 0.113. The van der Waals surface area contributed by atoms with Crippen LogP contribution in [0, 0.1) is 12.7 Å². The van der Waals surface area contributed by atoms with Crippen LogP contribution in [0.3, 0.4) is 0 Å². The van der Waals surface area contributed by atoms with Crippen LogP contribution in [0.4, 0.5) is 29.2 Å². The molecule has 3 aromatic rings. The minimum atomic E-state index is -4.80. The fourth-order valence-electron chi connectivity index (χ4n) is 3.66. The van der Waals surface area contributed by atoms with Crippen molar-refractivity contribution < 1.29 is 31.1 Å². The molecule has 2 aromatic heterocycles. The Morgan fingerprint density at radius 1 is 1.09 bits per heavy atom. The number of halogens is 4. The largest absolute Gasteiger partial charge is 0.418 e. The van der Waals surface area contributed by atoms with E-state index in [0.29, 0.717) is 17.4 Å². The molecule has 0 aliphatic carbocycles. The van der Waals surface area contributed by atoms with Crippen molar-refractivity contribution in [3.8, 4) is 11.3 Å². The van der Waals surface area contributed by atoms with Gasteiger partial charge in [0.2, 0.25) is 0 Å². The molecule has 2 N–H and O–H groups in total. The first-order valence-corrected chi connectivity index (χ1v) is 11.6. The number of aliphatic hydroxyl groups is 1. The Labute approximate surface area is 193 Å². The molecule has 0 spiro atoms. The molecule has 7 nitrogen and oxygen atoms in total. The first kappa shape index (κ1) is 23.9. The lowest BCUT2D eigenvalue weighted by Gasteiger charge is -2.44. The number of aromatic nitrogens is 2. The van der Waals surface area contributed by atoms with E-state index in [9.17, 15) is 31.1 Å². The minimum Gasteiger partial charge on any atom is -0.386 e. The van der Waals surface area contributed by atoms with Crippen molar-refractivity contribution in [3.05, 3.63) is 65.5 Å². The van der Waals surface area contributed by atoms with Crippen LogP contribution in [-0.2, 0) is 16.2 Å². The van der Waals surface area contributed by atoms with Crippen molar-refractivity contribution in [3.63, 3.8) is 0 Å². The molecule has 0 atom stereocenters. The number of alkyl halides is 3. The summed E-state index contributed by atoms with van der Waals surface area (Å²) in [4.78, 5) is 9.66. The first-order valence-electron chi connectivity index (χ1n) is 10.1. The van der Waals surface area contributed by atoms with Gasteiger partial charge in [0.15, 0.2) is 5.03 Å². The maximum Gasteiger partial charge on any atom is 0.418 e. The number of nitrogens with one attached hydrogen (secondary N) is 1. The smallest absolute Gasteiger partial charge is 0.386 e. The molecule has 0 unspecified atom stereocenters. The second kappa shape index (κ2) is 8.20. The van der Waals surface area contributed by atoms with Crippen molar-refractivity contribution in [2.45, 2.75) is 30.7 Å². The number of hydrogen-bond acceptors (Lipinski definition) is 6. The summed E-state index contributed by atoms with van der Waals surface area (Å²) >= 11 is 0. The van der Waals surface area contributed by atoms with Gasteiger partial charge < -0.3 is 10.0 Å². The standard InChI is InChI=1S/C22H20F4N4O3S/c1-13-6-7-14(23)10-15(13)20-16(22(24,25)26)8-9-17(27-20)29-34(32,33)19-5-3-4-18(28-19)30-11-21(2,31)12-30/h3-10,31H,11-12H2,1-2H3,(H,27,29). The highest BCUT2D eigenvalue weighted by atomic mass is 32.2. The fourth-order valence-corrected chi connectivity index (χ4v) is 4.62. The zero-order valence-electron chi connectivity index (χ0n) is 18.1. The number of pyridine rings is 2. The third kappa shape index (κ3) is 4.82. The molecule has 1 aliphatic heterocycles. The molecule has 1 fully saturated rings. The highest BCUT2D eigenvalue weighted by Crippen LogP contribution is 2.38. The van der Waals surface area contributed by atoms with E-state index in [1.54, 1.807) is 17.9 Å². The quantitative estimate of drug-likeness (QED) is 0.519. The van der Waals surface area contributed by atoms with E-state index in [2.05, 4.69) is 14.7 Å². The van der Waals surface area contributed by atoms with Crippen molar-refractivity contribution in [1.29, 1.82) is 0 Å². The maximum absolute atomic E-state index is 13.8. The van der Waals surface area contributed by atoms with Gasteiger partial charge in [-0.2, -0.15) is 21.6 Å². The SMILES string of the molecule is Cc1ccc(F)cc1-c1nc(NS(=O)(=O)c2cccc(N3CC(C)(O)C3)n2)ccc1C(F)(F)F. The molecule has 1 aliphatic rings. The van der Waals surface area contributed by atoms with Gasteiger partial charge in [0.05, 0.1) is 16.9 Å². The maximum atomic E-state index is 13.8. The number of hydrogen-bond donors (Lipinski definition) is 2. The molecule has 34 heavy (non-hydrogen) atoms. The summed E-state index contributed by atoms with van der Waals surface area (Å²) in [6.45, 7) is 3.68. The van der Waals surface area contributed by atoms with Crippen LogP contribution in [-0.4, -0.2) is 42.2 Å². The number of benzene rings is 1.